The van der Waals surface area contributed by atoms with Crippen LogP contribution in [-0.2, 0) is 4.79 Å². The van der Waals surface area contributed by atoms with E-state index >= 15 is 0 Å². The Labute approximate surface area is 94.6 Å². The van der Waals surface area contributed by atoms with Crippen molar-refractivity contribution in [3.05, 3.63) is 30.1 Å². The summed E-state index contributed by atoms with van der Waals surface area (Å²) in [6, 6.07) is 5.15. The molecule has 1 aromatic heterocycles. The van der Waals surface area contributed by atoms with Crippen molar-refractivity contribution in [3.63, 3.8) is 0 Å². The van der Waals surface area contributed by atoms with Gasteiger partial charge in [-0.25, -0.2) is 0 Å². The molecule has 0 spiro atoms. The van der Waals surface area contributed by atoms with Crippen LogP contribution in [0.4, 0.5) is 0 Å². The van der Waals surface area contributed by atoms with E-state index in [4.69, 9.17) is 5.73 Å². The summed E-state index contributed by atoms with van der Waals surface area (Å²) in [6.07, 6.45) is 1.69. The second-order valence-electron chi connectivity index (χ2n) is 3.85. The fraction of sp³-hybridized carbons (Fsp3) is 0.455. The molecule has 2 rings (SSSR count). The molecule has 3 N–H and O–H groups in total. The van der Waals surface area contributed by atoms with Crippen LogP contribution >= 0.6 is 0 Å². The minimum Gasteiger partial charge on any atom is -0.368 e. The van der Waals surface area contributed by atoms with E-state index in [1.807, 2.05) is 18.2 Å². The number of nitrogens with two attached hydrogens (primary N) is 1. The van der Waals surface area contributed by atoms with Crippen LogP contribution in [0.5, 0.6) is 0 Å². The molecule has 0 radical (unpaired) electrons. The van der Waals surface area contributed by atoms with Crippen molar-refractivity contribution in [3.8, 4) is 0 Å². The number of hydrogen-bond acceptors (Lipinski definition) is 4. The van der Waals surface area contributed by atoms with Crippen LogP contribution in [0.2, 0.25) is 0 Å². The highest BCUT2D eigenvalue weighted by molar-refractivity contribution is 5.80. The fourth-order valence-electron chi connectivity index (χ4n) is 1.99. The van der Waals surface area contributed by atoms with Crippen LogP contribution in [0.1, 0.15) is 11.7 Å². The van der Waals surface area contributed by atoms with E-state index in [9.17, 15) is 4.79 Å². The van der Waals surface area contributed by atoms with Crippen molar-refractivity contribution in [1.82, 2.24) is 15.2 Å². The highest BCUT2D eigenvalue weighted by atomic mass is 16.1. The Hall–Kier alpha value is -1.46. The summed E-state index contributed by atoms with van der Waals surface area (Å²) in [7, 11) is 0. The van der Waals surface area contributed by atoms with Crippen LogP contribution in [0.3, 0.4) is 0 Å². The van der Waals surface area contributed by atoms with Crippen LogP contribution < -0.4 is 11.1 Å². The molecule has 16 heavy (non-hydrogen) atoms. The van der Waals surface area contributed by atoms with E-state index in [1.165, 1.54) is 0 Å². The monoisotopic (exact) mass is 220 g/mol. The third-order valence-corrected chi connectivity index (χ3v) is 2.75. The molecule has 1 aromatic rings. The standard InChI is InChI=1S/C11H16N4O/c12-11(16)10(9-3-1-2-4-14-9)15-7-5-13-6-8-15/h1-4,10,13H,5-8H2,(H2,12,16). The summed E-state index contributed by atoms with van der Waals surface area (Å²) in [5, 5.41) is 3.25. The Morgan fingerprint density at radius 2 is 2.19 bits per heavy atom. The lowest BCUT2D eigenvalue weighted by Gasteiger charge is -2.32. The molecular formula is C11H16N4O. The number of aromatic nitrogens is 1. The molecule has 86 valence electrons. The second kappa shape index (κ2) is 5.05. The molecule has 0 saturated carbocycles. The Bertz CT molecular complexity index is 348. The molecule has 1 unspecified atom stereocenters. The quantitative estimate of drug-likeness (QED) is 0.721. The summed E-state index contributed by atoms with van der Waals surface area (Å²) in [6.45, 7) is 3.42. The first kappa shape index (κ1) is 11.0. The molecule has 0 bridgehead atoms. The average Bonchev–Trinajstić information content (AvgIpc) is 2.31. The molecule has 2 heterocycles. The van der Waals surface area contributed by atoms with E-state index in [0.717, 1.165) is 31.9 Å². The van der Waals surface area contributed by atoms with Crippen molar-refractivity contribution in [1.29, 1.82) is 0 Å². The van der Waals surface area contributed by atoms with Crippen LogP contribution in [0.15, 0.2) is 24.4 Å². The molecule has 1 aliphatic heterocycles. The Morgan fingerprint density at radius 1 is 1.44 bits per heavy atom. The first-order valence-electron chi connectivity index (χ1n) is 5.44. The number of primary amides is 1. The van der Waals surface area contributed by atoms with Gasteiger partial charge in [0.2, 0.25) is 5.91 Å². The number of carbonyl (C=O) groups excluding carboxylic acids is 1. The maximum absolute atomic E-state index is 11.5. The van der Waals surface area contributed by atoms with E-state index in [-0.39, 0.29) is 5.91 Å². The summed E-state index contributed by atoms with van der Waals surface area (Å²) in [5.41, 5.74) is 6.19. The molecule has 1 atom stereocenters. The fourth-order valence-corrected chi connectivity index (χ4v) is 1.99. The zero-order valence-electron chi connectivity index (χ0n) is 9.10. The molecule has 5 heteroatoms. The van der Waals surface area contributed by atoms with Crippen molar-refractivity contribution in [2.75, 3.05) is 26.2 Å². The summed E-state index contributed by atoms with van der Waals surface area (Å²) >= 11 is 0. The van der Waals surface area contributed by atoms with E-state index in [1.54, 1.807) is 6.20 Å². The van der Waals surface area contributed by atoms with Gasteiger partial charge in [-0.15, -0.1) is 0 Å². The molecule has 1 aliphatic rings. The topological polar surface area (TPSA) is 71.2 Å². The number of piperazine rings is 1. The maximum Gasteiger partial charge on any atom is 0.241 e. The highest BCUT2D eigenvalue weighted by Crippen LogP contribution is 2.18. The largest absolute Gasteiger partial charge is 0.368 e. The Balaban J connectivity index is 2.20. The van der Waals surface area contributed by atoms with Gasteiger partial charge in [0.05, 0.1) is 5.69 Å². The SMILES string of the molecule is NC(=O)C(c1ccccn1)N1CCNCC1. The van der Waals surface area contributed by atoms with Crippen molar-refractivity contribution in [2.45, 2.75) is 6.04 Å². The smallest absolute Gasteiger partial charge is 0.241 e. The normalized spacial score (nSPS) is 19.2. The van der Waals surface area contributed by atoms with Crippen LogP contribution in [0.25, 0.3) is 0 Å². The van der Waals surface area contributed by atoms with Gasteiger partial charge >= 0.3 is 0 Å². The third-order valence-electron chi connectivity index (χ3n) is 2.75. The number of hydrogen-bond donors (Lipinski definition) is 2. The lowest BCUT2D eigenvalue weighted by molar-refractivity contribution is -0.123. The van der Waals surface area contributed by atoms with E-state index < -0.39 is 6.04 Å². The predicted octanol–water partition coefficient (Wildman–Crippen LogP) is -0.487. The predicted molar refractivity (Wildman–Crippen MR) is 60.6 cm³/mol. The Morgan fingerprint density at radius 3 is 2.75 bits per heavy atom. The van der Waals surface area contributed by atoms with E-state index in [0.29, 0.717) is 0 Å². The van der Waals surface area contributed by atoms with Crippen LogP contribution in [-0.4, -0.2) is 42.0 Å². The van der Waals surface area contributed by atoms with Gasteiger partial charge in [0.25, 0.3) is 0 Å². The highest BCUT2D eigenvalue weighted by Gasteiger charge is 2.27. The molecule has 1 saturated heterocycles. The lowest BCUT2D eigenvalue weighted by Crippen LogP contribution is -2.48. The molecule has 0 aromatic carbocycles. The molecule has 1 amide bonds. The summed E-state index contributed by atoms with van der Waals surface area (Å²) in [4.78, 5) is 17.8. The van der Waals surface area contributed by atoms with Gasteiger partial charge in [-0.05, 0) is 12.1 Å². The second-order valence-corrected chi connectivity index (χ2v) is 3.85. The summed E-state index contributed by atoms with van der Waals surface area (Å²) in [5.74, 6) is -0.333. The lowest BCUT2D eigenvalue weighted by atomic mass is 10.1. The number of carbonyl (C=O) groups is 1. The third kappa shape index (κ3) is 2.37. The first-order valence-corrected chi connectivity index (χ1v) is 5.44. The number of nitrogens with one attached hydrogen (secondary N) is 1. The van der Waals surface area contributed by atoms with Gasteiger partial charge < -0.3 is 11.1 Å². The van der Waals surface area contributed by atoms with Gasteiger partial charge in [0.15, 0.2) is 0 Å². The first-order chi connectivity index (χ1) is 7.79. The van der Waals surface area contributed by atoms with Gasteiger partial charge in [0, 0.05) is 32.4 Å². The average molecular weight is 220 g/mol. The molecule has 1 fully saturated rings. The zero-order chi connectivity index (χ0) is 11.4. The van der Waals surface area contributed by atoms with Crippen molar-refractivity contribution in [2.24, 2.45) is 5.73 Å². The molecule has 0 aliphatic carbocycles. The van der Waals surface area contributed by atoms with Gasteiger partial charge in [-0.1, -0.05) is 6.07 Å². The number of amides is 1. The van der Waals surface area contributed by atoms with Crippen molar-refractivity contribution < 1.29 is 4.79 Å². The van der Waals surface area contributed by atoms with Gasteiger partial charge in [-0.2, -0.15) is 0 Å². The minimum absolute atomic E-state index is 0.333. The number of nitrogens with zero attached hydrogens (tertiary/aromatic N) is 2. The Kier molecular flexibility index (Phi) is 3.48. The molecular weight excluding hydrogens is 204 g/mol. The maximum atomic E-state index is 11.5. The number of pyridine rings is 1. The molecule has 5 nitrogen and oxygen atoms in total. The summed E-state index contributed by atoms with van der Waals surface area (Å²) < 4.78 is 0. The van der Waals surface area contributed by atoms with Crippen molar-refractivity contribution >= 4 is 5.91 Å². The zero-order valence-corrected chi connectivity index (χ0v) is 9.10. The van der Waals surface area contributed by atoms with Gasteiger partial charge in [-0.3, -0.25) is 14.7 Å². The van der Waals surface area contributed by atoms with Gasteiger partial charge in [0.1, 0.15) is 6.04 Å². The van der Waals surface area contributed by atoms with E-state index in [2.05, 4.69) is 15.2 Å². The minimum atomic E-state index is -0.400. The number of rotatable bonds is 3. The van der Waals surface area contributed by atoms with Crippen LogP contribution in [0, 0.1) is 0 Å².